The SMILES string of the molecule is CC1(c2ccc(-c3ccccc3)cc2)c2ccc(OCCOc3ccc(O)cc3)cc2Oc2cc(OCCOc3ccc(O)cc3)ccc21. The number of fused-ring (bicyclic) bond motifs is 2. The largest absolute Gasteiger partial charge is 0.508 e. The van der Waals surface area contributed by atoms with Crippen LogP contribution in [0.15, 0.2) is 140 Å². The lowest BCUT2D eigenvalue weighted by Gasteiger charge is -2.38. The summed E-state index contributed by atoms with van der Waals surface area (Å²) in [6.07, 6.45) is 0. The Morgan fingerprint density at radius 2 is 0.878 bits per heavy atom. The summed E-state index contributed by atoms with van der Waals surface area (Å²) in [6, 6.07) is 44.2. The molecule has 7 heteroatoms. The molecule has 2 N–H and O–H groups in total. The molecule has 0 saturated heterocycles. The molecule has 0 aliphatic carbocycles. The average Bonchev–Trinajstić information content (AvgIpc) is 3.14. The van der Waals surface area contributed by atoms with Crippen LogP contribution >= 0.6 is 0 Å². The predicted molar refractivity (Wildman–Crippen MR) is 189 cm³/mol. The molecule has 1 aliphatic heterocycles. The van der Waals surface area contributed by atoms with Crippen molar-refractivity contribution in [2.75, 3.05) is 26.4 Å². The zero-order valence-electron chi connectivity index (χ0n) is 27.0. The summed E-state index contributed by atoms with van der Waals surface area (Å²) in [5.74, 6) is 4.43. The van der Waals surface area contributed by atoms with Crippen LogP contribution in [0.4, 0.5) is 0 Å². The van der Waals surface area contributed by atoms with Crippen molar-refractivity contribution in [3.8, 4) is 57.1 Å². The van der Waals surface area contributed by atoms with Gasteiger partial charge in [-0.25, -0.2) is 0 Å². The van der Waals surface area contributed by atoms with Gasteiger partial charge in [0.1, 0.15) is 72.4 Å². The van der Waals surface area contributed by atoms with E-state index in [9.17, 15) is 10.2 Å². The molecule has 1 heterocycles. The van der Waals surface area contributed by atoms with Crippen LogP contribution in [-0.4, -0.2) is 36.6 Å². The molecular formula is C42H36O7. The third kappa shape index (κ3) is 6.97. The third-order valence-electron chi connectivity index (χ3n) is 8.69. The molecule has 0 radical (unpaired) electrons. The van der Waals surface area contributed by atoms with Crippen molar-refractivity contribution >= 4 is 0 Å². The first-order chi connectivity index (χ1) is 24.0. The van der Waals surface area contributed by atoms with E-state index < -0.39 is 5.41 Å². The average molecular weight is 653 g/mol. The van der Waals surface area contributed by atoms with Gasteiger partial charge in [-0.2, -0.15) is 0 Å². The van der Waals surface area contributed by atoms with Crippen molar-refractivity contribution in [2.45, 2.75) is 12.3 Å². The number of hydrogen-bond donors (Lipinski definition) is 2. The first-order valence-corrected chi connectivity index (χ1v) is 16.2. The molecule has 0 spiro atoms. The normalized spacial score (nSPS) is 12.6. The van der Waals surface area contributed by atoms with E-state index in [-0.39, 0.29) is 11.5 Å². The molecule has 1 aliphatic rings. The number of ether oxygens (including phenoxy) is 5. The van der Waals surface area contributed by atoms with Gasteiger partial charge in [0.25, 0.3) is 0 Å². The van der Waals surface area contributed by atoms with Gasteiger partial charge in [0.05, 0.1) is 0 Å². The maximum atomic E-state index is 9.50. The van der Waals surface area contributed by atoms with Crippen molar-refractivity contribution in [1.29, 1.82) is 0 Å². The van der Waals surface area contributed by atoms with Crippen LogP contribution in [0.3, 0.4) is 0 Å². The van der Waals surface area contributed by atoms with Crippen LogP contribution in [0.1, 0.15) is 23.6 Å². The summed E-state index contributed by atoms with van der Waals surface area (Å²) < 4.78 is 30.2. The van der Waals surface area contributed by atoms with Crippen molar-refractivity contribution in [3.05, 3.63) is 156 Å². The van der Waals surface area contributed by atoms with Crippen LogP contribution in [-0.2, 0) is 5.41 Å². The van der Waals surface area contributed by atoms with Gasteiger partial charge in [-0.05, 0) is 84.3 Å². The maximum absolute atomic E-state index is 9.50. The number of phenols is 2. The minimum atomic E-state index is -0.529. The lowest BCUT2D eigenvalue weighted by atomic mass is 9.69. The number of phenolic OH excluding ortho intramolecular Hbond substituents is 2. The Hall–Kier alpha value is -6.08. The van der Waals surface area contributed by atoms with Crippen molar-refractivity contribution in [2.24, 2.45) is 0 Å². The van der Waals surface area contributed by atoms with Crippen LogP contribution in [0.5, 0.6) is 46.0 Å². The van der Waals surface area contributed by atoms with E-state index in [0.717, 1.165) is 22.3 Å². The molecule has 0 bridgehead atoms. The van der Waals surface area contributed by atoms with E-state index in [1.807, 2.05) is 42.5 Å². The number of benzene rings is 6. The summed E-state index contributed by atoms with van der Waals surface area (Å²) >= 11 is 0. The summed E-state index contributed by atoms with van der Waals surface area (Å²) in [7, 11) is 0. The molecule has 0 unspecified atom stereocenters. The second kappa shape index (κ2) is 14.0. The molecule has 0 saturated carbocycles. The summed E-state index contributed by atoms with van der Waals surface area (Å²) in [4.78, 5) is 0. The van der Waals surface area contributed by atoms with Gasteiger partial charge in [0, 0.05) is 28.7 Å². The van der Waals surface area contributed by atoms with E-state index in [2.05, 4.69) is 55.5 Å². The molecule has 7 rings (SSSR count). The Kier molecular flexibility index (Phi) is 8.98. The maximum Gasteiger partial charge on any atom is 0.135 e. The van der Waals surface area contributed by atoms with Gasteiger partial charge in [0.2, 0.25) is 0 Å². The number of rotatable bonds is 12. The molecule has 6 aromatic carbocycles. The number of aromatic hydroxyl groups is 2. The van der Waals surface area contributed by atoms with Crippen molar-refractivity contribution in [1.82, 2.24) is 0 Å². The predicted octanol–water partition coefficient (Wildman–Crippen LogP) is 9.14. The lowest BCUT2D eigenvalue weighted by Crippen LogP contribution is -2.29. The Bertz CT molecular complexity index is 1900. The molecular weight excluding hydrogens is 616 g/mol. The van der Waals surface area contributed by atoms with E-state index in [1.54, 1.807) is 48.5 Å². The quantitative estimate of drug-likeness (QED) is 0.128. The molecule has 6 aromatic rings. The lowest BCUT2D eigenvalue weighted by molar-refractivity contribution is 0.215. The summed E-state index contributed by atoms with van der Waals surface area (Å²) in [6.45, 7) is 3.57. The van der Waals surface area contributed by atoms with Gasteiger partial charge >= 0.3 is 0 Å². The van der Waals surface area contributed by atoms with Crippen molar-refractivity contribution < 1.29 is 33.9 Å². The Labute approximate surface area is 285 Å². The van der Waals surface area contributed by atoms with Gasteiger partial charge in [-0.1, -0.05) is 66.7 Å². The molecule has 0 aromatic heterocycles. The third-order valence-corrected chi connectivity index (χ3v) is 8.69. The van der Waals surface area contributed by atoms with Gasteiger partial charge in [-0.15, -0.1) is 0 Å². The van der Waals surface area contributed by atoms with Crippen LogP contribution in [0, 0.1) is 0 Å². The first-order valence-electron chi connectivity index (χ1n) is 16.2. The van der Waals surface area contributed by atoms with E-state index in [1.165, 1.54) is 5.56 Å². The van der Waals surface area contributed by atoms with Gasteiger partial charge in [-0.3, -0.25) is 0 Å². The van der Waals surface area contributed by atoms with Crippen LogP contribution < -0.4 is 23.7 Å². The zero-order chi connectivity index (χ0) is 33.6. The fraction of sp³-hybridized carbons (Fsp3) is 0.143. The van der Waals surface area contributed by atoms with E-state index in [0.29, 0.717) is 60.9 Å². The highest BCUT2D eigenvalue weighted by Gasteiger charge is 2.40. The second-order valence-electron chi connectivity index (χ2n) is 11.9. The Morgan fingerprint density at radius 1 is 0.469 bits per heavy atom. The standard InChI is InChI=1S/C42H36O7/c1-42(31-9-7-30(8-10-31)29-5-3-2-4-6-29)38-21-19-36(47-25-23-45-34-15-11-32(43)12-16-34)27-40(38)49-41-28-37(20-22-39(41)42)48-26-24-46-35-17-13-33(44)14-18-35/h2-22,27-28,43-44H,23-26H2,1H3. The molecule has 0 atom stereocenters. The van der Waals surface area contributed by atoms with Crippen molar-refractivity contribution in [3.63, 3.8) is 0 Å². The summed E-state index contributed by atoms with van der Waals surface area (Å²) in [5, 5.41) is 19.0. The minimum Gasteiger partial charge on any atom is -0.508 e. The molecule has 246 valence electrons. The second-order valence-corrected chi connectivity index (χ2v) is 11.9. The van der Waals surface area contributed by atoms with Gasteiger partial charge in [0.15, 0.2) is 0 Å². The molecule has 0 amide bonds. The van der Waals surface area contributed by atoms with Gasteiger partial charge < -0.3 is 33.9 Å². The monoisotopic (exact) mass is 652 g/mol. The Balaban J connectivity index is 1.13. The van der Waals surface area contributed by atoms with E-state index in [4.69, 9.17) is 23.7 Å². The first kappa shape index (κ1) is 31.5. The fourth-order valence-electron chi connectivity index (χ4n) is 6.10. The topological polar surface area (TPSA) is 86.6 Å². The molecule has 7 nitrogen and oxygen atoms in total. The minimum absolute atomic E-state index is 0.191. The smallest absolute Gasteiger partial charge is 0.135 e. The van der Waals surface area contributed by atoms with E-state index >= 15 is 0 Å². The van der Waals surface area contributed by atoms with Crippen LogP contribution in [0.2, 0.25) is 0 Å². The Morgan fingerprint density at radius 3 is 1.35 bits per heavy atom. The highest BCUT2D eigenvalue weighted by molar-refractivity contribution is 5.68. The molecule has 0 fully saturated rings. The highest BCUT2D eigenvalue weighted by atomic mass is 16.5. The fourth-order valence-corrected chi connectivity index (χ4v) is 6.10. The molecule has 49 heavy (non-hydrogen) atoms. The highest BCUT2D eigenvalue weighted by Crippen LogP contribution is 2.53. The summed E-state index contributed by atoms with van der Waals surface area (Å²) in [5.41, 5.74) is 4.97. The van der Waals surface area contributed by atoms with Crippen LogP contribution in [0.25, 0.3) is 11.1 Å². The zero-order valence-corrected chi connectivity index (χ0v) is 27.0. The number of hydrogen-bond acceptors (Lipinski definition) is 7.